The third-order valence-electron chi connectivity index (χ3n) is 6.02. The van der Waals surface area contributed by atoms with E-state index in [2.05, 4.69) is 14.9 Å². The van der Waals surface area contributed by atoms with Gasteiger partial charge < -0.3 is 9.32 Å². The number of nitrogens with zero attached hydrogens (tertiary/aromatic N) is 3. The highest BCUT2D eigenvalue weighted by molar-refractivity contribution is 8.00. The molecule has 5 rings (SSSR count). The van der Waals surface area contributed by atoms with Gasteiger partial charge >= 0.3 is 0 Å². The van der Waals surface area contributed by atoms with Crippen LogP contribution >= 0.6 is 11.8 Å². The minimum absolute atomic E-state index is 0.236. The monoisotopic (exact) mass is 381 g/mol. The highest BCUT2D eigenvalue weighted by Crippen LogP contribution is 2.36. The Hall–Kier alpha value is -2.08. The zero-order chi connectivity index (χ0) is 18.2. The van der Waals surface area contributed by atoms with Crippen LogP contribution in [0.2, 0.25) is 0 Å². The van der Waals surface area contributed by atoms with Gasteiger partial charge in [0.2, 0.25) is 5.91 Å². The summed E-state index contributed by atoms with van der Waals surface area (Å²) in [6.07, 6.45) is 9.02. The summed E-state index contributed by atoms with van der Waals surface area (Å²) in [6, 6.07) is 8.33. The van der Waals surface area contributed by atoms with Gasteiger partial charge in [-0.2, -0.15) is 0 Å². The maximum absolute atomic E-state index is 13.0. The van der Waals surface area contributed by atoms with Gasteiger partial charge in [0.25, 0.3) is 0 Å². The smallest absolute Gasteiger partial charge is 0.233 e. The van der Waals surface area contributed by atoms with E-state index in [1.165, 1.54) is 43.9 Å². The molecule has 140 valence electrons. The van der Waals surface area contributed by atoms with Crippen LogP contribution in [0.5, 0.6) is 0 Å². The summed E-state index contributed by atoms with van der Waals surface area (Å²) in [7, 11) is 0. The van der Waals surface area contributed by atoms with Crippen LogP contribution in [0.15, 0.2) is 40.0 Å². The summed E-state index contributed by atoms with van der Waals surface area (Å²) in [6.45, 7) is 0.907. The summed E-state index contributed by atoms with van der Waals surface area (Å²) >= 11 is 1.47. The molecule has 1 aliphatic carbocycles. The summed E-state index contributed by atoms with van der Waals surface area (Å²) < 4.78 is 5.98. The second-order valence-electron chi connectivity index (χ2n) is 7.58. The van der Waals surface area contributed by atoms with E-state index in [1.807, 2.05) is 24.3 Å². The van der Waals surface area contributed by atoms with E-state index in [0.717, 1.165) is 34.5 Å². The van der Waals surface area contributed by atoms with Crippen molar-refractivity contribution in [2.45, 2.75) is 49.6 Å². The summed E-state index contributed by atoms with van der Waals surface area (Å²) in [5, 5.41) is 1.74. The molecule has 27 heavy (non-hydrogen) atoms. The normalized spacial score (nSPS) is 22.9. The molecule has 0 unspecified atom stereocenters. The minimum atomic E-state index is 0.236. The van der Waals surface area contributed by atoms with E-state index in [0.29, 0.717) is 23.3 Å². The summed E-state index contributed by atoms with van der Waals surface area (Å²) in [4.78, 5) is 23.9. The lowest BCUT2D eigenvalue weighted by molar-refractivity contribution is -0.134. The van der Waals surface area contributed by atoms with Gasteiger partial charge in [-0.25, -0.2) is 9.97 Å². The maximum Gasteiger partial charge on any atom is 0.233 e. The Kier molecular flexibility index (Phi) is 4.52. The lowest BCUT2D eigenvalue weighted by atomic mass is 9.78. The molecule has 0 N–H and O–H groups in total. The van der Waals surface area contributed by atoms with Crippen LogP contribution in [-0.4, -0.2) is 39.1 Å². The number of amides is 1. The number of thioether (sulfide) groups is 1. The maximum atomic E-state index is 13.0. The standard InChI is InChI=1S/C21H23N3O2S/c25-18(24-11-5-7-14-6-1-3-9-16(14)24)12-27-21-20-19(22-13-23-21)15-8-2-4-10-17(15)26-20/h2,4,8,10,13-14,16H,1,3,5-7,9,11-12H2/t14-,16+/m0/s1. The van der Waals surface area contributed by atoms with Crippen molar-refractivity contribution in [2.24, 2.45) is 5.92 Å². The average molecular weight is 382 g/mol. The molecule has 1 aromatic carbocycles. The molecule has 1 saturated carbocycles. The van der Waals surface area contributed by atoms with Crippen molar-refractivity contribution >= 4 is 39.7 Å². The molecule has 0 spiro atoms. The van der Waals surface area contributed by atoms with Crippen LogP contribution in [0.3, 0.4) is 0 Å². The molecular weight excluding hydrogens is 358 g/mol. The van der Waals surface area contributed by atoms with Crippen LogP contribution in [0.1, 0.15) is 38.5 Å². The van der Waals surface area contributed by atoms with E-state index in [9.17, 15) is 4.79 Å². The number of piperidine rings is 1. The van der Waals surface area contributed by atoms with Crippen LogP contribution in [0.4, 0.5) is 0 Å². The van der Waals surface area contributed by atoms with E-state index >= 15 is 0 Å². The zero-order valence-electron chi connectivity index (χ0n) is 15.3. The van der Waals surface area contributed by atoms with Gasteiger partial charge in [-0.3, -0.25) is 4.79 Å². The molecule has 0 radical (unpaired) electrons. The Labute approximate surface area is 162 Å². The van der Waals surface area contributed by atoms with Crippen molar-refractivity contribution in [3.8, 4) is 0 Å². The topological polar surface area (TPSA) is 59.2 Å². The molecule has 3 heterocycles. The third-order valence-corrected chi connectivity index (χ3v) is 6.98. The largest absolute Gasteiger partial charge is 0.451 e. The Morgan fingerprint density at radius 3 is 2.96 bits per heavy atom. The van der Waals surface area contributed by atoms with E-state index in [-0.39, 0.29) is 5.91 Å². The van der Waals surface area contributed by atoms with Crippen LogP contribution in [-0.2, 0) is 4.79 Å². The third kappa shape index (κ3) is 3.10. The van der Waals surface area contributed by atoms with Crippen molar-refractivity contribution < 1.29 is 9.21 Å². The predicted octanol–water partition coefficient (Wildman–Crippen LogP) is 4.65. The van der Waals surface area contributed by atoms with Gasteiger partial charge in [0.05, 0.1) is 5.75 Å². The van der Waals surface area contributed by atoms with E-state index < -0.39 is 0 Å². The lowest BCUT2D eigenvalue weighted by Crippen LogP contribution is -2.50. The molecule has 1 amide bonds. The van der Waals surface area contributed by atoms with Crippen molar-refractivity contribution in [2.75, 3.05) is 12.3 Å². The average Bonchev–Trinajstić information content (AvgIpc) is 3.11. The Balaban J connectivity index is 1.36. The second kappa shape index (κ2) is 7.15. The van der Waals surface area contributed by atoms with Crippen LogP contribution in [0, 0.1) is 5.92 Å². The van der Waals surface area contributed by atoms with Crippen LogP contribution < -0.4 is 0 Å². The first-order chi connectivity index (χ1) is 13.3. The zero-order valence-corrected chi connectivity index (χ0v) is 16.1. The number of hydrogen-bond donors (Lipinski definition) is 0. The molecule has 2 aromatic heterocycles. The molecule has 2 fully saturated rings. The number of aromatic nitrogens is 2. The number of fused-ring (bicyclic) bond motifs is 4. The van der Waals surface area contributed by atoms with Crippen molar-refractivity contribution in [1.29, 1.82) is 0 Å². The molecule has 2 atom stereocenters. The fourth-order valence-corrected chi connectivity index (χ4v) is 5.57. The number of likely N-dealkylation sites (tertiary alicyclic amines) is 1. The SMILES string of the molecule is O=C(CSc1ncnc2c1oc1ccccc12)N1CCC[C@@H]2CCCC[C@H]21. The Morgan fingerprint density at radius 1 is 1.15 bits per heavy atom. The first kappa shape index (κ1) is 17.0. The van der Waals surface area contributed by atoms with Crippen molar-refractivity contribution in [1.82, 2.24) is 14.9 Å². The number of furan rings is 1. The number of carbonyl (C=O) groups is 1. The highest BCUT2D eigenvalue weighted by atomic mass is 32.2. The molecule has 5 nitrogen and oxygen atoms in total. The molecule has 3 aromatic rings. The second-order valence-corrected chi connectivity index (χ2v) is 8.55. The van der Waals surface area contributed by atoms with Crippen molar-refractivity contribution in [3.05, 3.63) is 30.6 Å². The highest BCUT2D eigenvalue weighted by Gasteiger charge is 2.35. The molecular formula is C21H23N3O2S. The van der Waals surface area contributed by atoms with Crippen molar-refractivity contribution in [3.63, 3.8) is 0 Å². The fourth-order valence-electron chi connectivity index (χ4n) is 4.75. The number of hydrogen-bond acceptors (Lipinski definition) is 5. The Morgan fingerprint density at radius 2 is 2.00 bits per heavy atom. The van der Waals surface area contributed by atoms with Gasteiger partial charge in [0.15, 0.2) is 5.58 Å². The van der Waals surface area contributed by atoms with Gasteiger partial charge in [-0.05, 0) is 43.7 Å². The van der Waals surface area contributed by atoms with Gasteiger partial charge in [-0.15, -0.1) is 0 Å². The number of para-hydroxylation sites is 1. The molecule has 1 saturated heterocycles. The Bertz CT molecular complexity index is 984. The fraction of sp³-hybridized carbons (Fsp3) is 0.476. The van der Waals surface area contributed by atoms with E-state index in [4.69, 9.17) is 4.42 Å². The van der Waals surface area contributed by atoms with Crippen LogP contribution in [0.25, 0.3) is 22.1 Å². The van der Waals surface area contributed by atoms with Gasteiger partial charge in [0.1, 0.15) is 22.5 Å². The predicted molar refractivity (Wildman–Crippen MR) is 107 cm³/mol. The molecule has 2 aliphatic rings. The molecule has 6 heteroatoms. The number of benzene rings is 1. The minimum Gasteiger partial charge on any atom is -0.451 e. The lowest BCUT2D eigenvalue weighted by Gasteiger charge is -2.44. The van der Waals surface area contributed by atoms with Gasteiger partial charge in [-0.1, -0.05) is 36.7 Å². The number of carbonyl (C=O) groups excluding carboxylic acids is 1. The molecule has 0 bridgehead atoms. The molecule has 1 aliphatic heterocycles. The van der Waals surface area contributed by atoms with E-state index in [1.54, 1.807) is 6.33 Å². The quantitative estimate of drug-likeness (QED) is 0.488. The van der Waals surface area contributed by atoms with Gasteiger partial charge in [0, 0.05) is 18.0 Å². The first-order valence-electron chi connectivity index (χ1n) is 9.86. The number of rotatable bonds is 3. The summed E-state index contributed by atoms with van der Waals surface area (Å²) in [5.41, 5.74) is 2.31. The first-order valence-corrected chi connectivity index (χ1v) is 10.8. The summed E-state index contributed by atoms with van der Waals surface area (Å²) in [5.74, 6) is 1.36.